The molecular weight excluding hydrogens is 246 g/mol. The van der Waals surface area contributed by atoms with E-state index in [1.54, 1.807) is 12.1 Å². The maximum atomic E-state index is 9.18. The lowest BCUT2D eigenvalue weighted by Crippen LogP contribution is -2.04. The highest BCUT2D eigenvalue weighted by molar-refractivity contribution is 7.09. The number of hydrogen-bond acceptors (Lipinski definition) is 5. The van der Waals surface area contributed by atoms with E-state index in [0.717, 1.165) is 23.9 Å². The minimum atomic E-state index is 0.303. The predicted octanol–water partition coefficient (Wildman–Crippen LogP) is 3.02. The van der Waals surface area contributed by atoms with E-state index in [9.17, 15) is 5.11 Å². The molecule has 0 saturated heterocycles. The van der Waals surface area contributed by atoms with E-state index in [2.05, 4.69) is 28.5 Å². The van der Waals surface area contributed by atoms with Gasteiger partial charge in [0.15, 0.2) is 0 Å². The molecule has 0 bridgehead atoms. The number of rotatable bonds is 5. The second kappa shape index (κ2) is 5.82. The van der Waals surface area contributed by atoms with Crippen molar-refractivity contribution in [1.29, 1.82) is 0 Å². The monoisotopic (exact) mass is 263 g/mol. The van der Waals surface area contributed by atoms with Crippen molar-refractivity contribution in [1.82, 2.24) is 9.36 Å². The molecule has 0 radical (unpaired) electrons. The van der Waals surface area contributed by atoms with Crippen LogP contribution in [0.1, 0.15) is 31.2 Å². The first-order valence-corrected chi connectivity index (χ1v) is 6.78. The summed E-state index contributed by atoms with van der Waals surface area (Å²) < 4.78 is 4.29. The van der Waals surface area contributed by atoms with E-state index in [1.165, 1.54) is 17.1 Å². The molecule has 0 saturated carbocycles. The van der Waals surface area contributed by atoms with Gasteiger partial charge in [-0.25, -0.2) is 4.98 Å². The molecule has 0 spiro atoms. The Bertz CT molecular complexity index is 493. The predicted molar refractivity (Wildman–Crippen MR) is 74.3 cm³/mol. The molecule has 18 heavy (non-hydrogen) atoms. The van der Waals surface area contributed by atoms with Crippen molar-refractivity contribution in [2.75, 3.05) is 11.9 Å². The first-order valence-electron chi connectivity index (χ1n) is 6.00. The minimum absolute atomic E-state index is 0.303. The first-order chi connectivity index (χ1) is 8.65. The van der Waals surface area contributed by atoms with Gasteiger partial charge in [-0.05, 0) is 24.1 Å². The van der Waals surface area contributed by atoms with Crippen molar-refractivity contribution in [3.63, 3.8) is 0 Å². The van der Waals surface area contributed by atoms with E-state index < -0.39 is 0 Å². The van der Waals surface area contributed by atoms with Gasteiger partial charge in [0, 0.05) is 24.0 Å². The number of phenols is 1. The maximum Gasteiger partial charge on any atom is 0.202 e. The fourth-order valence-corrected chi connectivity index (χ4v) is 2.25. The Labute approximate surface area is 111 Å². The SMILES string of the molecule is CC(C)c1nsc(NCCc2ccc(O)cc2)n1. The second-order valence-electron chi connectivity index (χ2n) is 4.46. The van der Waals surface area contributed by atoms with Crippen LogP contribution < -0.4 is 5.32 Å². The zero-order chi connectivity index (χ0) is 13.0. The van der Waals surface area contributed by atoms with Gasteiger partial charge in [-0.2, -0.15) is 4.37 Å². The molecule has 0 aliphatic rings. The van der Waals surface area contributed by atoms with Crippen LogP contribution in [-0.4, -0.2) is 21.0 Å². The number of aromatic hydroxyl groups is 1. The van der Waals surface area contributed by atoms with Crippen LogP contribution in [0, 0.1) is 0 Å². The molecule has 2 aromatic rings. The Hall–Kier alpha value is -1.62. The third-order valence-electron chi connectivity index (χ3n) is 2.58. The maximum absolute atomic E-state index is 9.18. The number of hydrogen-bond donors (Lipinski definition) is 2. The molecule has 4 nitrogen and oxygen atoms in total. The van der Waals surface area contributed by atoms with Crippen molar-refractivity contribution >= 4 is 16.7 Å². The minimum Gasteiger partial charge on any atom is -0.508 e. The average molecular weight is 263 g/mol. The molecular formula is C13H17N3OS. The van der Waals surface area contributed by atoms with Crippen LogP contribution in [0.3, 0.4) is 0 Å². The van der Waals surface area contributed by atoms with Crippen molar-refractivity contribution in [2.45, 2.75) is 26.2 Å². The Morgan fingerprint density at radius 1 is 1.28 bits per heavy atom. The molecule has 0 fully saturated rings. The molecule has 5 heteroatoms. The number of phenolic OH excluding ortho intramolecular Hbond substituents is 1. The van der Waals surface area contributed by atoms with Gasteiger partial charge in [0.1, 0.15) is 11.6 Å². The summed E-state index contributed by atoms with van der Waals surface area (Å²) in [6, 6.07) is 7.27. The number of benzene rings is 1. The fourth-order valence-electron chi connectivity index (χ4n) is 1.52. The summed E-state index contributed by atoms with van der Waals surface area (Å²) in [5.74, 6) is 1.57. The van der Waals surface area contributed by atoms with Crippen molar-refractivity contribution in [3.8, 4) is 5.75 Å². The molecule has 0 aliphatic heterocycles. The number of aromatic nitrogens is 2. The summed E-state index contributed by atoms with van der Waals surface area (Å²) in [6.07, 6.45) is 0.900. The molecule has 0 atom stereocenters. The summed E-state index contributed by atoms with van der Waals surface area (Å²) in [6.45, 7) is 4.99. The average Bonchev–Trinajstić information content (AvgIpc) is 2.81. The molecule has 1 heterocycles. The van der Waals surface area contributed by atoms with Gasteiger partial charge in [-0.1, -0.05) is 26.0 Å². The third-order valence-corrected chi connectivity index (χ3v) is 3.27. The summed E-state index contributed by atoms with van der Waals surface area (Å²) in [7, 11) is 0. The molecule has 96 valence electrons. The molecule has 0 aliphatic carbocycles. The molecule has 2 rings (SSSR count). The van der Waals surface area contributed by atoms with Crippen LogP contribution >= 0.6 is 11.5 Å². The number of anilines is 1. The smallest absolute Gasteiger partial charge is 0.202 e. The van der Waals surface area contributed by atoms with Crippen molar-refractivity contribution < 1.29 is 5.11 Å². The van der Waals surface area contributed by atoms with E-state index in [4.69, 9.17) is 0 Å². The Morgan fingerprint density at radius 3 is 2.61 bits per heavy atom. The van der Waals surface area contributed by atoms with Crippen LogP contribution in [0.15, 0.2) is 24.3 Å². The lowest BCUT2D eigenvalue weighted by molar-refractivity contribution is 0.475. The van der Waals surface area contributed by atoms with Gasteiger partial charge in [0.2, 0.25) is 5.13 Å². The Kier molecular flexibility index (Phi) is 4.15. The van der Waals surface area contributed by atoms with Crippen LogP contribution in [0.5, 0.6) is 5.75 Å². The Balaban J connectivity index is 1.82. The summed E-state index contributed by atoms with van der Waals surface area (Å²) in [5, 5.41) is 13.3. The fraction of sp³-hybridized carbons (Fsp3) is 0.385. The Morgan fingerprint density at radius 2 is 2.00 bits per heavy atom. The van der Waals surface area contributed by atoms with E-state index >= 15 is 0 Å². The highest BCUT2D eigenvalue weighted by Gasteiger charge is 2.06. The van der Waals surface area contributed by atoms with Crippen LogP contribution in [0.2, 0.25) is 0 Å². The van der Waals surface area contributed by atoms with Crippen molar-refractivity contribution in [2.24, 2.45) is 0 Å². The quantitative estimate of drug-likeness (QED) is 0.870. The van der Waals surface area contributed by atoms with E-state index in [-0.39, 0.29) is 0 Å². The third kappa shape index (κ3) is 3.43. The van der Waals surface area contributed by atoms with Gasteiger partial charge in [0.25, 0.3) is 0 Å². The molecule has 0 unspecified atom stereocenters. The van der Waals surface area contributed by atoms with Crippen LogP contribution in [0.4, 0.5) is 5.13 Å². The van der Waals surface area contributed by atoms with E-state index in [1.807, 2.05) is 12.1 Å². The summed E-state index contributed by atoms with van der Waals surface area (Å²) in [4.78, 5) is 4.41. The molecule has 1 aromatic carbocycles. The van der Waals surface area contributed by atoms with Gasteiger partial charge >= 0.3 is 0 Å². The molecule has 2 N–H and O–H groups in total. The van der Waals surface area contributed by atoms with Gasteiger partial charge in [0.05, 0.1) is 0 Å². The normalized spacial score (nSPS) is 10.8. The lowest BCUT2D eigenvalue weighted by atomic mass is 10.1. The topological polar surface area (TPSA) is 58.0 Å². The van der Waals surface area contributed by atoms with Crippen molar-refractivity contribution in [3.05, 3.63) is 35.7 Å². The van der Waals surface area contributed by atoms with Crippen LogP contribution in [0.25, 0.3) is 0 Å². The molecule has 0 amide bonds. The largest absolute Gasteiger partial charge is 0.508 e. The highest BCUT2D eigenvalue weighted by Crippen LogP contribution is 2.17. The van der Waals surface area contributed by atoms with Gasteiger partial charge in [-0.3, -0.25) is 0 Å². The van der Waals surface area contributed by atoms with Gasteiger partial charge < -0.3 is 10.4 Å². The second-order valence-corrected chi connectivity index (χ2v) is 5.21. The summed E-state index contributed by atoms with van der Waals surface area (Å²) in [5.41, 5.74) is 1.19. The zero-order valence-corrected chi connectivity index (χ0v) is 11.4. The first kappa shape index (κ1) is 12.8. The van der Waals surface area contributed by atoms with E-state index in [0.29, 0.717) is 11.7 Å². The molecule has 1 aromatic heterocycles. The zero-order valence-electron chi connectivity index (χ0n) is 10.6. The highest BCUT2D eigenvalue weighted by atomic mass is 32.1. The van der Waals surface area contributed by atoms with Crippen LogP contribution in [-0.2, 0) is 6.42 Å². The standard InChI is InChI=1S/C13H17N3OS/c1-9(2)12-15-13(18-16-12)14-8-7-10-3-5-11(17)6-4-10/h3-6,9,17H,7-8H2,1-2H3,(H,14,15,16). The summed E-state index contributed by atoms with van der Waals surface area (Å²) >= 11 is 1.40. The van der Waals surface area contributed by atoms with Gasteiger partial charge in [-0.15, -0.1) is 0 Å². The lowest BCUT2D eigenvalue weighted by Gasteiger charge is -2.02. The number of nitrogens with one attached hydrogen (secondary N) is 1. The number of nitrogens with zero attached hydrogens (tertiary/aromatic N) is 2.